The van der Waals surface area contributed by atoms with E-state index >= 15 is 0 Å². The molecular formula is C21H25N5O. The van der Waals surface area contributed by atoms with E-state index in [1.807, 2.05) is 55.2 Å². The molecule has 6 nitrogen and oxygen atoms in total. The number of rotatable bonds is 6. The maximum absolute atomic E-state index is 12.4. The molecule has 0 saturated carbocycles. The zero-order valence-corrected chi connectivity index (χ0v) is 15.9. The molecular weight excluding hydrogens is 338 g/mol. The van der Waals surface area contributed by atoms with Crippen molar-refractivity contribution < 1.29 is 4.79 Å². The first-order valence-electron chi connectivity index (χ1n) is 8.88. The molecule has 0 saturated heterocycles. The van der Waals surface area contributed by atoms with Crippen LogP contribution in [0.2, 0.25) is 0 Å². The van der Waals surface area contributed by atoms with Crippen LogP contribution in [0.25, 0.3) is 5.69 Å². The van der Waals surface area contributed by atoms with E-state index in [2.05, 4.69) is 39.6 Å². The van der Waals surface area contributed by atoms with Gasteiger partial charge in [-0.05, 0) is 49.8 Å². The van der Waals surface area contributed by atoms with Crippen molar-refractivity contribution in [1.82, 2.24) is 19.8 Å². The number of nitrogens with one attached hydrogen (secondary N) is 2. The van der Waals surface area contributed by atoms with Crippen LogP contribution in [0.1, 0.15) is 16.7 Å². The average molecular weight is 363 g/mol. The topological polar surface area (TPSA) is 62.2 Å². The quantitative estimate of drug-likeness (QED) is 0.704. The fourth-order valence-electron chi connectivity index (χ4n) is 2.91. The Kier molecular flexibility index (Phi) is 5.88. The van der Waals surface area contributed by atoms with E-state index < -0.39 is 0 Å². The maximum atomic E-state index is 12.4. The van der Waals surface area contributed by atoms with Gasteiger partial charge < -0.3 is 20.1 Å². The molecule has 0 atom stereocenters. The SMILES string of the molecule is Cc1ccc(CNC(=O)Nc2ccccc2CN(C)C)cc1-n1ccnc1. The summed E-state index contributed by atoms with van der Waals surface area (Å²) >= 11 is 0. The molecule has 0 radical (unpaired) electrons. The zero-order chi connectivity index (χ0) is 19.2. The molecule has 0 aliphatic carbocycles. The number of urea groups is 1. The number of hydrogen-bond donors (Lipinski definition) is 2. The molecule has 2 N–H and O–H groups in total. The normalized spacial score (nSPS) is 10.8. The van der Waals surface area contributed by atoms with Gasteiger partial charge in [-0.15, -0.1) is 0 Å². The van der Waals surface area contributed by atoms with E-state index in [1.165, 1.54) is 0 Å². The maximum Gasteiger partial charge on any atom is 0.319 e. The molecule has 0 aliphatic heterocycles. The highest BCUT2D eigenvalue weighted by Gasteiger charge is 2.08. The number of para-hydroxylation sites is 1. The van der Waals surface area contributed by atoms with Gasteiger partial charge in [-0.2, -0.15) is 0 Å². The highest BCUT2D eigenvalue weighted by molar-refractivity contribution is 5.90. The number of aromatic nitrogens is 2. The third kappa shape index (κ3) is 4.95. The first-order valence-corrected chi connectivity index (χ1v) is 8.88. The predicted octanol–water partition coefficient (Wildman–Crippen LogP) is 3.56. The number of anilines is 1. The summed E-state index contributed by atoms with van der Waals surface area (Å²) in [5.41, 5.74) is 5.14. The van der Waals surface area contributed by atoms with Crippen LogP contribution in [0.4, 0.5) is 10.5 Å². The Balaban J connectivity index is 1.64. The predicted molar refractivity (Wildman–Crippen MR) is 108 cm³/mol. The van der Waals surface area contributed by atoms with E-state index in [9.17, 15) is 4.79 Å². The lowest BCUT2D eigenvalue weighted by atomic mass is 10.1. The molecule has 0 bridgehead atoms. The average Bonchev–Trinajstić information content (AvgIpc) is 3.17. The zero-order valence-electron chi connectivity index (χ0n) is 15.9. The number of imidazole rings is 1. The number of carbonyl (C=O) groups is 1. The van der Waals surface area contributed by atoms with Crippen molar-refractivity contribution in [1.29, 1.82) is 0 Å². The number of amides is 2. The lowest BCUT2D eigenvalue weighted by Crippen LogP contribution is -2.29. The van der Waals surface area contributed by atoms with Gasteiger partial charge in [0.05, 0.1) is 6.33 Å². The Bertz CT molecular complexity index is 903. The summed E-state index contributed by atoms with van der Waals surface area (Å²) in [6.45, 7) is 3.27. The summed E-state index contributed by atoms with van der Waals surface area (Å²) in [4.78, 5) is 18.5. The molecule has 0 unspecified atom stereocenters. The lowest BCUT2D eigenvalue weighted by Gasteiger charge is -2.15. The highest BCUT2D eigenvalue weighted by atomic mass is 16.2. The number of aryl methyl sites for hydroxylation is 1. The Morgan fingerprint density at radius 1 is 1.19 bits per heavy atom. The molecule has 140 valence electrons. The van der Waals surface area contributed by atoms with Gasteiger partial charge in [0.15, 0.2) is 0 Å². The Labute approximate surface area is 159 Å². The number of nitrogens with zero attached hydrogens (tertiary/aromatic N) is 3. The van der Waals surface area contributed by atoms with E-state index in [4.69, 9.17) is 0 Å². The van der Waals surface area contributed by atoms with Crippen molar-refractivity contribution in [3.8, 4) is 5.69 Å². The van der Waals surface area contributed by atoms with Gasteiger partial charge in [0.2, 0.25) is 0 Å². The fraction of sp³-hybridized carbons (Fsp3) is 0.238. The van der Waals surface area contributed by atoms with Crippen LogP contribution in [-0.4, -0.2) is 34.6 Å². The number of benzene rings is 2. The molecule has 3 aromatic rings. The third-order valence-electron chi connectivity index (χ3n) is 4.26. The molecule has 1 aromatic heterocycles. The lowest BCUT2D eigenvalue weighted by molar-refractivity contribution is 0.251. The fourth-order valence-corrected chi connectivity index (χ4v) is 2.91. The van der Waals surface area contributed by atoms with Crippen LogP contribution in [0.15, 0.2) is 61.2 Å². The van der Waals surface area contributed by atoms with Crippen LogP contribution in [0.3, 0.4) is 0 Å². The number of hydrogen-bond acceptors (Lipinski definition) is 3. The van der Waals surface area contributed by atoms with Gasteiger partial charge in [0.25, 0.3) is 0 Å². The Morgan fingerprint density at radius 3 is 2.74 bits per heavy atom. The van der Waals surface area contributed by atoms with Crippen LogP contribution in [0.5, 0.6) is 0 Å². The second-order valence-corrected chi connectivity index (χ2v) is 6.79. The molecule has 2 aromatic carbocycles. The minimum atomic E-state index is -0.217. The molecule has 2 amide bonds. The van der Waals surface area contributed by atoms with Gasteiger partial charge in [-0.25, -0.2) is 9.78 Å². The molecule has 3 rings (SSSR count). The van der Waals surface area contributed by atoms with Crippen molar-refractivity contribution in [3.05, 3.63) is 77.9 Å². The van der Waals surface area contributed by atoms with Gasteiger partial charge in [0, 0.05) is 36.9 Å². The van der Waals surface area contributed by atoms with E-state index in [0.717, 1.165) is 34.6 Å². The van der Waals surface area contributed by atoms with Crippen molar-refractivity contribution >= 4 is 11.7 Å². The van der Waals surface area contributed by atoms with E-state index in [1.54, 1.807) is 12.5 Å². The summed E-state index contributed by atoms with van der Waals surface area (Å²) in [6.07, 6.45) is 5.44. The summed E-state index contributed by atoms with van der Waals surface area (Å²) in [7, 11) is 4.01. The van der Waals surface area contributed by atoms with Crippen LogP contribution in [-0.2, 0) is 13.1 Å². The molecule has 0 aliphatic rings. The Morgan fingerprint density at radius 2 is 2.00 bits per heavy atom. The van der Waals surface area contributed by atoms with Crippen molar-refractivity contribution in [3.63, 3.8) is 0 Å². The highest BCUT2D eigenvalue weighted by Crippen LogP contribution is 2.17. The monoisotopic (exact) mass is 363 g/mol. The van der Waals surface area contributed by atoms with Crippen molar-refractivity contribution in [2.75, 3.05) is 19.4 Å². The molecule has 0 fully saturated rings. The Hall–Kier alpha value is -3.12. The molecule has 6 heteroatoms. The summed E-state index contributed by atoms with van der Waals surface area (Å²) in [6, 6.07) is 13.8. The van der Waals surface area contributed by atoms with Crippen LogP contribution < -0.4 is 10.6 Å². The van der Waals surface area contributed by atoms with Crippen LogP contribution >= 0.6 is 0 Å². The number of carbonyl (C=O) groups excluding carboxylic acids is 1. The standard InChI is InChI=1S/C21H25N5O/c1-16-8-9-17(12-20(16)26-11-10-22-15-26)13-23-21(27)24-19-7-5-4-6-18(19)14-25(2)3/h4-12,15H,13-14H2,1-3H3,(H2,23,24,27). The molecule has 0 spiro atoms. The van der Waals surface area contributed by atoms with E-state index in [0.29, 0.717) is 6.54 Å². The van der Waals surface area contributed by atoms with Gasteiger partial charge in [0.1, 0.15) is 0 Å². The van der Waals surface area contributed by atoms with Gasteiger partial charge >= 0.3 is 6.03 Å². The van der Waals surface area contributed by atoms with Gasteiger partial charge in [-0.1, -0.05) is 30.3 Å². The minimum absolute atomic E-state index is 0.217. The smallest absolute Gasteiger partial charge is 0.319 e. The second kappa shape index (κ2) is 8.51. The van der Waals surface area contributed by atoms with Crippen LogP contribution in [0, 0.1) is 6.92 Å². The van der Waals surface area contributed by atoms with Crippen molar-refractivity contribution in [2.45, 2.75) is 20.0 Å². The summed E-state index contributed by atoms with van der Waals surface area (Å²) in [5.74, 6) is 0. The summed E-state index contributed by atoms with van der Waals surface area (Å²) in [5, 5.41) is 5.88. The first kappa shape index (κ1) is 18.7. The van der Waals surface area contributed by atoms with E-state index in [-0.39, 0.29) is 6.03 Å². The first-order chi connectivity index (χ1) is 13.0. The van der Waals surface area contributed by atoms with Gasteiger partial charge in [-0.3, -0.25) is 0 Å². The summed E-state index contributed by atoms with van der Waals surface area (Å²) < 4.78 is 1.97. The van der Waals surface area contributed by atoms with Crippen molar-refractivity contribution in [2.24, 2.45) is 0 Å². The third-order valence-corrected chi connectivity index (χ3v) is 4.26. The minimum Gasteiger partial charge on any atom is -0.334 e. The molecule has 27 heavy (non-hydrogen) atoms. The molecule has 1 heterocycles. The largest absolute Gasteiger partial charge is 0.334 e. The second-order valence-electron chi connectivity index (χ2n) is 6.79.